The number of hydrogen-bond acceptors (Lipinski definition) is 3. The maximum Gasteiger partial charge on any atom is 0.237 e. The Hall–Kier alpha value is -0.610. The van der Waals surface area contributed by atoms with E-state index in [-0.39, 0.29) is 5.91 Å². The van der Waals surface area contributed by atoms with Crippen LogP contribution in [0.25, 0.3) is 0 Å². The van der Waals surface area contributed by atoms with Crippen molar-refractivity contribution in [3.63, 3.8) is 0 Å². The van der Waals surface area contributed by atoms with Crippen molar-refractivity contribution in [2.75, 3.05) is 26.2 Å². The molecule has 3 atom stereocenters. The molecule has 0 aromatic carbocycles. The first kappa shape index (κ1) is 15.8. The lowest BCUT2D eigenvalue weighted by molar-refractivity contribution is -0.124. The summed E-state index contributed by atoms with van der Waals surface area (Å²) in [7, 11) is 0. The summed E-state index contributed by atoms with van der Waals surface area (Å²) < 4.78 is 0. The van der Waals surface area contributed by atoms with Crippen LogP contribution < -0.4 is 11.1 Å². The second-order valence-electron chi connectivity index (χ2n) is 6.89. The van der Waals surface area contributed by atoms with Crippen LogP contribution in [-0.2, 0) is 4.79 Å². The van der Waals surface area contributed by atoms with Crippen molar-refractivity contribution in [1.82, 2.24) is 10.2 Å². The van der Waals surface area contributed by atoms with E-state index in [9.17, 15) is 4.79 Å². The number of likely N-dealkylation sites (tertiary alicyclic amines) is 1. The van der Waals surface area contributed by atoms with Crippen molar-refractivity contribution < 1.29 is 4.79 Å². The highest BCUT2D eigenvalue weighted by Crippen LogP contribution is 2.37. The highest BCUT2D eigenvalue weighted by molar-refractivity contribution is 5.84. The van der Waals surface area contributed by atoms with E-state index in [1.165, 1.54) is 45.3 Å². The van der Waals surface area contributed by atoms with Crippen molar-refractivity contribution in [2.45, 2.75) is 57.9 Å². The fourth-order valence-corrected chi connectivity index (χ4v) is 4.02. The van der Waals surface area contributed by atoms with Gasteiger partial charge >= 0.3 is 0 Å². The predicted octanol–water partition coefficient (Wildman–Crippen LogP) is 1.74. The molecule has 4 nitrogen and oxygen atoms in total. The average Bonchev–Trinajstić information content (AvgIpc) is 2.95. The predicted molar refractivity (Wildman–Crippen MR) is 82.4 cm³/mol. The molecule has 4 heteroatoms. The van der Waals surface area contributed by atoms with Gasteiger partial charge in [0.1, 0.15) is 0 Å². The zero-order valence-corrected chi connectivity index (χ0v) is 13.2. The smallest absolute Gasteiger partial charge is 0.237 e. The third-order valence-corrected chi connectivity index (χ3v) is 5.31. The average molecular weight is 281 g/mol. The molecule has 1 aliphatic heterocycles. The number of fused-ring (bicyclic) bond motifs is 1. The molecule has 3 N–H and O–H groups in total. The van der Waals surface area contributed by atoms with Gasteiger partial charge in [-0.3, -0.25) is 4.79 Å². The molecule has 2 aliphatic rings. The van der Waals surface area contributed by atoms with Gasteiger partial charge < -0.3 is 16.0 Å². The van der Waals surface area contributed by atoms with E-state index in [1.807, 2.05) is 13.8 Å². The SMILES string of the molecule is CCNC(C)(CCCCN1CC2CCCC2C1)C(N)=O. The van der Waals surface area contributed by atoms with Crippen LogP contribution in [0.1, 0.15) is 52.4 Å². The molecule has 1 heterocycles. The van der Waals surface area contributed by atoms with Gasteiger partial charge in [-0.25, -0.2) is 0 Å². The van der Waals surface area contributed by atoms with Crippen LogP contribution >= 0.6 is 0 Å². The van der Waals surface area contributed by atoms with E-state index >= 15 is 0 Å². The molecule has 0 aromatic heterocycles. The van der Waals surface area contributed by atoms with E-state index < -0.39 is 5.54 Å². The summed E-state index contributed by atoms with van der Waals surface area (Å²) in [4.78, 5) is 14.2. The van der Waals surface area contributed by atoms with Gasteiger partial charge in [-0.15, -0.1) is 0 Å². The molecule has 116 valence electrons. The zero-order valence-electron chi connectivity index (χ0n) is 13.2. The molecular weight excluding hydrogens is 250 g/mol. The van der Waals surface area contributed by atoms with Crippen molar-refractivity contribution in [3.05, 3.63) is 0 Å². The summed E-state index contributed by atoms with van der Waals surface area (Å²) in [5, 5.41) is 3.23. The lowest BCUT2D eigenvalue weighted by Crippen LogP contribution is -2.53. The van der Waals surface area contributed by atoms with E-state index in [1.54, 1.807) is 0 Å². The first-order chi connectivity index (χ1) is 9.55. The number of carbonyl (C=O) groups is 1. The number of nitrogens with one attached hydrogen (secondary N) is 1. The van der Waals surface area contributed by atoms with Crippen LogP contribution in [0.15, 0.2) is 0 Å². The number of hydrogen-bond donors (Lipinski definition) is 2. The normalized spacial score (nSPS) is 29.3. The fraction of sp³-hybridized carbons (Fsp3) is 0.938. The van der Waals surface area contributed by atoms with Crippen LogP contribution in [0, 0.1) is 11.8 Å². The molecule has 0 spiro atoms. The minimum Gasteiger partial charge on any atom is -0.368 e. The van der Waals surface area contributed by atoms with E-state index in [0.717, 1.165) is 31.2 Å². The number of nitrogens with two attached hydrogens (primary N) is 1. The first-order valence-electron chi connectivity index (χ1n) is 8.32. The zero-order chi connectivity index (χ0) is 14.6. The van der Waals surface area contributed by atoms with Crippen LogP contribution in [0.4, 0.5) is 0 Å². The van der Waals surface area contributed by atoms with Crippen molar-refractivity contribution in [1.29, 1.82) is 0 Å². The van der Waals surface area contributed by atoms with Crippen LogP contribution in [0.2, 0.25) is 0 Å². The quantitative estimate of drug-likeness (QED) is 0.666. The molecule has 0 bridgehead atoms. The Kier molecular flexibility index (Phi) is 5.44. The van der Waals surface area contributed by atoms with Gasteiger partial charge in [0.15, 0.2) is 0 Å². The van der Waals surface area contributed by atoms with Gasteiger partial charge in [0.25, 0.3) is 0 Å². The topological polar surface area (TPSA) is 58.4 Å². The Labute approximate surface area is 123 Å². The number of amides is 1. The molecule has 1 saturated heterocycles. The van der Waals surface area contributed by atoms with Crippen molar-refractivity contribution in [3.8, 4) is 0 Å². The molecule has 3 unspecified atom stereocenters. The third-order valence-electron chi connectivity index (χ3n) is 5.31. The summed E-state index contributed by atoms with van der Waals surface area (Å²) in [5.41, 5.74) is 4.98. The second kappa shape index (κ2) is 6.90. The van der Waals surface area contributed by atoms with Gasteiger partial charge in [0, 0.05) is 13.1 Å². The second-order valence-corrected chi connectivity index (χ2v) is 6.89. The third kappa shape index (κ3) is 3.73. The largest absolute Gasteiger partial charge is 0.368 e. The fourth-order valence-electron chi connectivity index (χ4n) is 4.02. The van der Waals surface area contributed by atoms with E-state index in [0.29, 0.717) is 0 Å². The number of primary amides is 1. The molecule has 20 heavy (non-hydrogen) atoms. The minimum atomic E-state index is -0.531. The summed E-state index contributed by atoms with van der Waals surface area (Å²) in [6.45, 7) is 8.54. The van der Waals surface area contributed by atoms with Crippen molar-refractivity contribution >= 4 is 5.91 Å². The number of carbonyl (C=O) groups excluding carboxylic acids is 1. The molecular formula is C16H31N3O. The number of nitrogens with zero attached hydrogens (tertiary/aromatic N) is 1. The Balaban J connectivity index is 1.65. The molecule has 2 fully saturated rings. The lowest BCUT2D eigenvalue weighted by Gasteiger charge is -2.27. The van der Waals surface area contributed by atoms with E-state index in [4.69, 9.17) is 5.73 Å². The van der Waals surface area contributed by atoms with Crippen LogP contribution in [0.5, 0.6) is 0 Å². The van der Waals surface area contributed by atoms with Crippen LogP contribution in [0.3, 0.4) is 0 Å². The molecule has 1 aliphatic carbocycles. The summed E-state index contributed by atoms with van der Waals surface area (Å²) in [5.74, 6) is 1.73. The molecule has 2 rings (SSSR count). The Morgan fingerprint density at radius 1 is 1.30 bits per heavy atom. The monoisotopic (exact) mass is 281 g/mol. The van der Waals surface area contributed by atoms with Gasteiger partial charge in [-0.05, 0) is 64.0 Å². The van der Waals surface area contributed by atoms with Crippen molar-refractivity contribution in [2.24, 2.45) is 17.6 Å². The molecule has 1 saturated carbocycles. The summed E-state index contributed by atoms with van der Waals surface area (Å²) >= 11 is 0. The van der Waals surface area contributed by atoms with Crippen LogP contribution in [-0.4, -0.2) is 42.5 Å². The lowest BCUT2D eigenvalue weighted by atomic mass is 9.94. The molecule has 1 amide bonds. The van der Waals surface area contributed by atoms with Gasteiger partial charge in [0.2, 0.25) is 5.91 Å². The van der Waals surface area contributed by atoms with E-state index in [2.05, 4.69) is 10.2 Å². The number of unbranched alkanes of at least 4 members (excludes halogenated alkanes) is 1. The Morgan fingerprint density at radius 2 is 1.95 bits per heavy atom. The first-order valence-corrected chi connectivity index (χ1v) is 8.32. The Morgan fingerprint density at radius 3 is 2.50 bits per heavy atom. The highest BCUT2D eigenvalue weighted by Gasteiger charge is 2.35. The van der Waals surface area contributed by atoms with Gasteiger partial charge in [-0.2, -0.15) is 0 Å². The minimum absolute atomic E-state index is 0.227. The molecule has 0 aromatic rings. The number of rotatable bonds is 8. The number of likely N-dealkylation sites (N-methyl/N-ethyl adjacent to an activating group) is 1. The van der Waals surface area contributed by atoms with Gasteiger partial charge in [-0.1, -0.05) is 13.3 Å². The standard InChI is InChI=1S/C16H31N3O/c1-3-18-16(2,15(17)20)9-4-5-10-19-11-13-7-6-8-14(13)12-19/h13-14,18H,3-12H2,1-2H3,(H2,17,20). The highest BCUT2D eigenvalue weighted by atomic mass is 16.1. The molecule has 0 radical (unpaired) electrons. The maximum absolute atomic E-state index is 11.5. The summed E-state index contributed by atoms with van der Waals surface area (Å²) in [6, 6.07) is 0. The maximum atomic E-state index is 11.5. The van der Waals surface area contributed by atoms with Gasteiger partial charge in [0.05, 0.1) is 5.54 Å². The Bertz CT molecular complexity index is 322. The summed E-state index contributed by atoms with van der Waals surface area (Å²) in [6.07, 6.45) is 7.42.